The molecular weight excluding hydrogens is 452 g/mol. The van der Waals surface area contributed by atoms with Crippen LogP contribution in [-0.4, -0.2) is 61.0 Å². The molecule has 0 aliphatic heterocycles. The Morgan fingerprint density at radius 3 is 2.44 bits per heavy atom. The van der Waals surface area contributed by atoms with Crippen LogP contribution in [0.15, 0.2) is 42.6 Å². The molecular formula is C28H38N6O2. The molecule has 1 heterocycles. The van der Waals surface area contributed by atoms with E-state index in [9.17, 15) is 4.79 Å². The van der Waals surface area contributed by atoms with E-state index in [2.05, 4.69) is 77.4 Å². The van der Waals surface area contributed by atoms with Gasteiger partial charge in [-0.15, -0.1) is 0 Å². The van der Waals surface area contributed by atoms with Crippen molar-refractivity contribution in [3.05, 3.63) is 54.4 Å². The number of nitrogens with zero attached hydrogens (tertiary/aromatic N) is 4. The van der Waals surface area contributed by atoms with Gasteiger partial charge in [0.2, 0.25) is 5.91 Å². The Kier molecular flexibility index (Phi) is 6.75. The molecule has 3 aliphatic carbocycles. The zero-order chi connectivity index (χ0) is 26.3. The summed E-state index contributed by atoms with van der Waals surface area (Å²) >= 11 is 0. The van der Waals surface area contributed by atoms with Crippen LogP contribution in [0.5, 0.6) is 5.75 Å². The fraction of sp³-hybridized carbons (Fsp3) is 0.429. The van der Waals surface area contributed by atoms with Gasteiger partial charge in [0, 0.05) is 43.1 Å². The Hall–Kier alpha value is -3.52. The third kappa shape index (κ3) is 4.19. The first-order chi connectivity index (χ1) is 17.1. The Morgan fingerprint density at radius 1 is 1.19 bits per heavy atom. The number of aryl methyl sites for hydroxylation is 1. The first kappa shape index (κ1) is 25.6. The van der Waals surface area contributed by atoms with E-state index in [-0.39, 0.29) is 11.4 Å². The highest BCUT2D eigenvalue weighted by molar-refractivity contribution is 6.02. The predicted molar refractivity (Wildman–Crippen MR) is 149 cm³/mol. The average Bonchev–Trinajstić information content (AvgIpc) is 3.06. The standard InChI is InChI=1S/C28H38N6O2/c1-9-23-19(3)20(14-33(23)6)13-29-18-30-22-11-21(31-26(35)10-2)24(12-25(22)36-8)34(7)28-15-27(16-28,17-28)32(4)5/h9-12,14,18H,1-2,13,15-17H2,3-8H3,(H,29,30)(H,31,35). The molecule has 36 heavy (non-hydrogen) atoms. The molecule has 0 radical (unpaired) electrons. The summed E-state index contributed by atoms with van der Waals surface area (Å²) < 4.78 is 7.77. The van der Waals surface area contributed by atoms with E-state index in [1.54, 1.807) is 13.4 Å². The van der Waals surface area contributed by atoms with Crippen LogP contribution in [0.25, 0.3) is 6.08 Å². The van der Waals surface area contributed by atoms with Gasteiger partial charge in [-0.3, -0.25) is 9.79 Å². The lowest BCUT2D eigenvalue weighted by Gasteiger charge is -2.75. The van der Waals surface area contributed by atoms with E-state index in [0.717, 1.165) is 41.9 Å². The van der Waals surface area contributed by atoms with Gasteiger partial charge in [0.25, 0.3) is 0 Å². The van der Waals surface area contributed by atoms with Crippen molar-refractivity contribution in [2.24, 2.45) is 12.0 Å². The van der Waals surface area contributed by atoms with E-state index in [4.69, 9.17) is 4.74 Å². The Balaban J connectivity index is 1.56. The van der Waals surface area contributed by atoms with E-state index >= 15 is 0 Å². The summed E-state index contributed by atoms with van der Waals surface area (Å²) in [7, 11) is 10.1. The highest BCUT2D eigenvalue weighted by Crippen LogP contribution is 2.66. The van der Waals surface area contributed by atoms with Crippen molar-refractivity contribution < 1.29 is 9.53 Å². The number of anilines is 3. The van der Waals surface area contributed by atoms with E-state index in [1.165, 1.54) is 11.6 Å². The molecule has 8 nitrogen and oxygen atoms in total. The molecule has 3 aliphatic rings. The van der Waals surface area contributed by atoms with Gasteiger partial charge in [-0.1, -0.05) is 13.2 Å². The topological polar surface area (TPSA) is 74.1 Å². The number of amides is 1. The molecule has 8 heteroatoms. The Morgan fingerprint density at radius 2 is 1.89 bits per heavy atom. The van der Waals surface area contributed by atoms with Gasteiger partial charge in [0.05, 0.1) is 37.1 Å². The number of rotatable bonds is 11. The van der Waals surface area contributed by atoms with Gasteiger partial charge >= 0.3 is 0 Å². The zero-order valence-electron chi connectivity index (χ0n) is 22.3. The average molecular weight is 491 g/mol. The molecule has 2 bridgehead atoms. The number of methoxy groups -OCH3 is 1. The van der Waals surface area contributed by atoms with Crippen molar-refractivity contribution in [2.75, 3.05) is 43.8 Å². The molecule has 0 atom stereocenters. The molecule has 1 aromatic heterocycles. The second-order valence-electron chi connectivity index (χ2n) is 10.3. The zero-order valence-corrected chi connectivity index (χ0v) is 22.3. The van der Waals surface area contributed by atoms with Crippen LogP contribution in [0.2, 0.25) is 0 Å². The second-order valence-corrected chi connectivity index (χ2v) is 10.3. The van der Waals surface area contributed by atoms with Crippen LogP contribution in [-0.2, 0) is 18.4 Å². The quantitative estimate of drug-likeness (QED) is 0.277. The predicted octanol–water partition coefficient (Wildman–Crippen LogP) is 4.42. The van der Waals surface area contributed by atoms with Gasteiger partial charge in [-0.25, -0.2) is 0 Å². The van der Waals surface area contributed by atoms with Crippen molar-refractivity contribution in [2.45, 2.75) is 43.8 Å². The number of carbonyl (C=O) groups excluding carboxylic acids is 1. The third-order valence-corrected chi connectivity index (χ3v) is 8.12. The third-order valence-electron chi connectivity index (χ3n) is 8.12. The summed E-state index contributed by atoms with van der Waals surface area (Å²) in [6.45, 7) is 10.1. The van der Waals surface area contributed by atoms with Crippen LogP contribution in [0.1, 0.15) is 36.1 Å². The number of ether oxygens (including phenoxy) is 1. The number of hydrogen-bond donors (Lipinski definition) is 2. The second kappa shape index (κ2) is 9.50. The Labute approximate surface area is 214 Å². The fourth-order valence-electron chi connectivity index (χ4n) is 5.72. The first-order valence-electron chi connectivity index (χ1n) is 12.2. The SMILES string of the molecule is C=CC(=O)Nc1cc(NC=NCc2cn(C)c(C=C)c2C)c(OC)cc1N(C)C12CC(N(C)C)(C1)C2. The van der Waals surface area contributed by atoms with E-state index in [0.29, 0.717) is 23.5 Å². The molecule has 0 spiro atoms. The van der Waals surface area contributed by atoms with Crippen molar-refractivity contribution in [1.82, 2.24) is 9.47 Å². The summed E-state index contributed by atoms with van der Waals surface area (Å²) in [6.07, 6.45) is 10.2. The largest absolute Gasteiger partial charge is 0.494 e. The number of aromatic nitrogens is 1. The van der Waals surface area contributed by atoms with Crippen molar-refractivity contribution in [1.29, 1.82) is 0 Å². The molecule has 2 N–H and O–H groups in total. The lowest BCUT2D eigenvalue weighted by Crippen LogP contribution is -2.82. The monoisotopic (exact) mass is 490 g/mol. The van der Waals surface area contributed by atoms with Gasteiger partial charge in [-0.05, 0) is 69.6 Å². The summed E-state index contributed by atoms with van der Waals surface area (Å²) in [5.41, 5.74) is 6.18. The number of carbonyl (C=O) groups is 1. The fourth-order valence-corrected chi connectivity index (χ4v) is 5.72. The van der Waals surface area contributed by atoms with E-state index < -0.39 is 0 Å². The summed E-state index contributed by atoms with van der Waals surface area (Å²) in [6, 6.07) is 3.88. The summed E-state index contributed by atoms with van der Waals surface area (Å²) in [5, 5.41) is 6.22. The molecule has 2 aromatic rings. The lowest BCUT2D eigenvalue weighted by molar-refractivity contribution is -0.144. The first-order valence-corrected chi connectivity index (χ1v) is 12.2. The molecule has 0 saturated heterocycles. The molecule has 192 valence electrons. The summed E-state index contributed by atoms with van der Waals surface area (Å²) in [4.78, 5) is 21.5. The minimum atomic E-state index is -0.255. The maximum Gasteiger partial charge on any atom is 0.247 e. The molecule has 1 amide bonds. The Bertz CT molecular complexity index is 1210. The number of aliphatic imine (C=N–C) groups is 1. The van der Waals surface area contributed by atoms with Crippen LogP contribution >= 0.6 is 0 Å². The number of benzene rings is 1. The van der Waals surface area contributed by atoms with Crippen molar-refractivity contribution in [3.63, 3.8) is 0 Å². The van der Waals surface area contributed by atoms with Gasteiger partial charge in [0.15, 0.2) is 0 Å². The molecule has 0 unspecified atom stereocenters. The van der Waals surface area contributed by atoms with Crippen LogP contribution in [0, 0.1) is 6.92 Å². The van der Waals surface area contributed by atoms with Crippen LogP contribution < -0.4 is 20.3 Å². The molecule has 3 fully saturated rings. The normalized spacial score (nSPS) is 22.1. The van der Waals surface area contributed by atoms with Crippen LogP contribution in [0.4, 0.5) is 17.1 Å². The van der Waals surface area contributed by atoms with Gasteiger partial charge < -0.3 is 29.7 Å². The van der Waals surface area contributed by atoms with Gasteiger partial charge in [-0.2, -0.15) is 0 Å². The maximum absolute atomic E-state index is 12.3. The molecule has 5 rings (SSSR count). The van der Waals surface area contributed by atoms with Crippen molar-refractivity contribution >= 4 is 35.4 Å². The highest BCUT2D eigenvalue weighted by Gasteiger charge is 2.70. The lowest BCUT2D eigenvalue weighted by atomic mass is 9.43. The minimum absolute atomic E-state index is 0.108. The van der Waals surface area contributed by atoms with E-state index in [1.807, 2.05) is 25.3 Å². The van der Waals surface area contributed by atoms with Gasteiger partial charge in [0.1, 0.15) is 5.75 Å². The minimum Gasteiger partial charge on any atom is -0.494 e. The highest BCUT2D eigenvalue weighted by atomic mass is 16.5. The summed E-state index contributed by atoms with van der Waals surface area (Å²) in [5.74, 6) is 0.424. The smallest absolute Gasteiger partial charge is 0.247 e. The molecule has 3 saturated carbocycles. The maximum atomic E-state index is 12.3. The number of hydrogen-bond acceptors (Lipinski definition) is 5. The molecule has 1 aromatic carbocycles. The number of nitrogens with one attached hydrogen (secondary N) is 2. The van der Waals surface area contributed by atoms with Crippen LogP contribution in [0.3, 0.4) is 0 Å². The van der Waals surface area contributed by atoms with Crippen molar-refractivity contribution in [3.8, 4) is 5.75 Å².